The van der Waals surface area contributed by atoms with Crippen LogP contribution in [0.2, 0.25) is 0 Å². The second kappa shape index (κ2) is 7.24. The fourth-order valence-electron chi connectivity index (χ4n) is 2.38. The van der Waals surface area contributed by atoms with Gasteiger partial charge in [0.05, 0.1) is 0 Å². The molecule has 1 saturated heterocycles. The van der Waals surface area contributed by atoms with E-state index in [1.54, 1.807) is 0 Å². The summed E-state index contributed by atoms with van der Waals surface area (Å²) in [6.07, 6.45) is 6.80. The molecule has 0 saturated carbocycles. The third kappa shape index (κ3) is 4.12. The van der Waals surface area contributed by atoms with Crippen molar-refractivity contribution >= 4 is 0 Å². The topological polar surface area (TPSA) is 15.3 Å². The summed E-state index contributed by atoms with van der Waals surface area (Å²) in [5.41, 5.74) is 0. The number of rotatable bonds is 8. The lowest BCUT2D eigenvalue weighted by atomic mass is 10.0. The highest BCUT2D eigenvalue weighted by Crippen LogP contribution is 2.15. The highest BCUT2D eigenvalue weighted by molar-refractivity contribution is 4.87. The zero-order chi connectivity index (χ0) is 11.1. The van der Waals surface area contributed by atoms with Crippen molar-refractivity contribution in [3.05, 3.63) is 0 Å². The van der Waals surface area contributed by atoms with E-state index in [0.717, 1.165) is 12.1 Å². The third-order valence-corrected chi connectivity index (χ3v) is 3.50. The van der Waals surface area contributed by atoms with E-state index in [2.05, 4.69) is 31.0 Å². The summed E-state index contributed by atoms with van der Waals surface area (Å²) in [5, 5.41) is 3.38. The van der Waals surface area contributed by atoms with Gasteiger partial charge in [-0.25, -0.2) is 0 Å². The van der Waals surface area contributed by atoms with Crippen LogP contribution in [0.1, 0.15) is 52.9 Å². The lowest BCUT2D eigenvalue weighted by Crippen LogP contribution is -2.59. The Hall–Kier alpha value is -0.0800. The molecule has 0 amide bonds. The molecule has 0 aromatic heterocycles. The molecule has 0 aromatic rings. The zero-order valence-corrected chi connectivity index (χ0v) is 10.8. The Balaban J connectivity index is 2.26. The van der Waals surface area contributed by atoms with Crippen molar-refractivity contribution in [2.75, 3.05) is 19.6 Å². The maximum Gasteiger partial charge on any atom is 0.0348 e. The van der Waals surface area contributed by atoms with Crippen molar-refractivity contribution in [1.29, 1.82) is 0 Å². The second-order valence-corrected chi connectivity index (χ2v) is 4.89. The number of nitrogens with zero attached hydrogens (tertiary/aromatic N) is 1. The van der Waals surface area contributed by atoms with Crippen molar-refractivity contribution in [1.82, 2.24) is 10.2 Å². The molecule has 0 radical (unpaired) electrons. The molecule has 1 N–H and O–H groups in total. The molecule has 1 aliphatic rings. The molecule has 2 nitrogen and oxygen atoms in total. The van der Waals surface area contributed by atoms with Gasteiger partial charge in [-0.3, -0.25) is 4.90 Å². The number of nitrogens with one attached hydrogen (secondary N) is 1. The summed E-state index contributed by atoms with van der Waals surface area (Å²) in [6.45, 7) is 10.7. The normalized spacial score (nSPS) is 19.2. The Kier molecular flexibility index (Phi) is 6.26. The van der Waals surface area contributed by atoms with Crippen LogP contribution < -0.4 is 5.32 Å². The zero-order valence-electron chi connectivity index (χ0n) is 10.8. The fraction of sp³-hybridized carbons (Fsp3) is 1.00. The molecule has 0 aromatic carbocycles. The van der Waals surface area contributed by atoms with E-state index < -0.39 is 0 Å². The van der Waals surface area contributed by atoms with Crippen LogP contribution in [0.3, 0.4) is 0 Å². The predicted octanol–water partition coefficient (Wildman–Crippen LogP) is 2.64. The quantitative estimate of drug-likeness (QED) is 0.622. The largest absolute Gasteiger partial charge is 0.314 e. The minimum absolute atomic E-state index is 0.781. The van der Waals surface area contributed by atoms with Crippen LogP contribution in [0.4, 0.5) is 0 Å². The van der Waals surface area contributed by atoms with Crippen molar-refractivity contribution in [2.24, 2.45) is 0 Å². The SMILES string of the molecule is CCCCCC(C)N(CCC)C1CNC1. The molecule has 1 atom stereocenters. The Bertz CT molecular complexity index is 155. The summed E-state index contributed by atoms with van der Waals surface area (Å²) in [7, 11) is 0. The van der Waals surface area contributed by atoms with Gasteiger partial charge in [-0.2, -0.15) is 0 Å². The van der Waals surface area contributed by atoms with E-state index in [1.165, 1.54) is 51.7 Å². The first kappa shape index (κ1) is 13.0. The summed E-state index contributed by atoms with van der Waals surface area (Å²) in [4.78, 5) is 2.71. The molecule has 1 aliphatic heterocycles. The van der Waals surface area contributed by atoms with Crippen LogP contribution in [-0.4, -0.2) is 36.6 Å². The Morgan fingerprint density at radius 2 is 1.93 bits per heavy atom. The molecule has 90 valence electrons. The molecule has 1 fully saturated rings. The molecule has 1 rings (SSSR count). The lowest BCUT2D eigenvalue weighted by Gasteiger charge is -2.42. The third-order valence-electron chi connectivity index (χ3n) is 3.50. The van der Waals surface area contributed by atoms with Crippen molar-refractivity contribution in [2.45, 2.75) is 65.0 Å². The molecule has 2 heteroatoms. The maximum absolute atomic E-state index is 3.38. The van der Waals surface area contributed by atoms with Gasteiger partial charge in [-0.15, -0.1) is 0 Å². The van der Waals surface area contributed by atoms with E-state index in [4.69, 9.17) is 0 Å². The Labute approximate surface area is 95.4 Å². The van der Waals surface area contributed by atoms with Crippen LogP contribution in [0.15, 0.2) is 0 Å². The summed E-state index contributed by atoms with van der Waals surface area (Å²) in [6, 6.07) is 1.60. The van der Waals surface area contributed by atoms with Gasteiger partial charge in [-0.05, 0) is 26.3 Å². The molecule has 1 unspecified atom stereocenters. The van der Waals surface area contributed by atoms with Gasteiger partial charge in [0.15, 0.2) is 0 Å². The Morgan fingerprint density at radius 3 is 2.40 bits per heavy atom. The van der Waals surface area contributed by atoms with E-state index in [-0.39, 0.29) is 0 Å². The summed E-state index contributed by atoms with van der Waals surface area (Å²) < 4.78 is 0. The molecular formula is C13H28N2. The average molecular weight is 212 g/mol. The number of hydrogen-bond donors (Lipinski definition) is 1. The van der Waals surface area contributed by atoms with E-state index in [0.29, 0.717) is 0 Å². The minimum atomic E-state index is 0.781. The molecule has 1 heterocycles. The molecule has 0 spiro atoms. The van der Waals surface area contributed by atoms with Crippen LogP contribution in [0.5, 0.6) is 0 Å². The fourth-order valence-corrected chi connectivity index (χ4v) is 2.38. The number of unbranched alkanes of at least 4 members (excludes halogenated alkanes) is 2. The van der Waals surface area contributed by atoms with Crippen molar-refractivity contribution in [3.63, 3.8) is 0 Å². The van der Waals surface area contributed by atoms with Gasteiger partial charge in [0.2, 0.25) is 0 Å². The summed E-state index contributed by atoms with van der Waals surface area (Å²) >= 11 is 0. The van der Waals surface area contributed by atoms with Gasteiger partial charge in [0, 0.05) is 25.2 Å². The van der Waals surface area contributed by atoms with Crippen LogP contribution in [0, 0.1) is 0 Å². The van der Waals surface area contributed by atoms with Crippen LogP contribution in [0.25, 0.3) is 0 Å². The smallest absolute Gasteiger partial charge is 0.0348 e. The molecule has 15 heavy (non-hydrogen) atoms. The van der Waals surface area contributed by atoms with Gasteiger partial charge in [0.25, 0.3) is 0 Å². The van der Waals surface area contributed by atoms with Gasteiger partial charge in [0.1, 0.15) is 0 Å². The summed E-state index contributed by atoms with van der Waals surface area (Å²) in [5.74, 6) is 0. The minimum Gasteiger partial charge on any atom is -0.314 e. The molecule has 0 bridgehead atoms. The van der Waals surface area contributed by atoms with Crippen molar-refractivity contribution < 1.29 is 0 Å². The Morgan fingerprint density at radius 1 is 1.20 bits per heavy atom. The highest BCUT2D eigenvalue weighted by atomic mass is 15.2. The second-order valence-electron chi connectivity index (χ2n) is 4.89. The predicted molar refractivity (Wildman–Crippen MR) is 67.3 cm³/mol. The first-order valence-corrected chi connectivity index (χ1v) is 6.76. The highest BCUT2D eigenvalue weighted by Gasteiger charge is 2.26. The van der Waals surface area contributed by atoms with Gasteiger partial charge >= 0.3 is 0 Å². The molecule has 0 aliphatic carbocycles. The monoisotopic (exact) mass is 212 g/mol. The first-order chi connectivity index (χ1) is 7.29. The van der Waals surface area contributed by atoms with E-state index in [9.17, 15) is 0 Å². The van der Waals surface area contributed by atoms with Crippen LogP contribution in [-0.2, 0) is 0 Å². The van der Waals surface area contributed by atoms with E-state index in [1.807, 2.05) is 0 Å². The first-order valence-electron chi connectivity index (χ1n) is 6.76. The maximum atomic E-state index is 3.38. The molecular weight excluding hydrogens is 184 g/mol. The average Bonchev–Trinajstić information content (AvgIpc) is 2.14. The van der Waals surface area contributed by atoms with Gasteiger partial charge in [-0.1, -0.05) is 33.1 Å². The standard InChI is InChI=1S/C13H28N2/c1-4-6-7-8-12(3)15(9-5-2)13-10-14-11-13/h12-14H,4-11H2,1-3H3. The van der Waals surface area contributed by atoms with Crippen LogP contribution >= 0.6 is 0 Å². The van der Waals surface area contributed by atoms with E-state index >= 15 is 0 Å². The van der Waals surface area contributed by atoms with Crippen molar-refractivity contribution in [3.8, 4) is 0 Å². The van der Waals surface area contributed by atoms with Gasteiger partial charge < -0.3 is 5.32 Å². The number of hydrogen-bond acceptors (Lipinski definition) is 2. The lowest BCUT2D eigenvalue weighted by molar-refractivity contribution is 0.0967.